The Kier molecular flexibility index (Phi) is 3.30. The minimum atomic E-state index is -0.672. The molecule has 0 unspecified atom stereocenters. The predicted octanol–water partition coefficient (Wildman–Crippen LogP) is 1.03. The van der Waals surface area contributed by atoms with Gasteiger partial charge in [-0.15, -0.1) is 0 Å². The zero-order chi connectivity index (χ0) is 15.2. The highest BCUT2D eigenvalue weighted by Gasteiger charge is 2.58. The van der Waals surface area contributed by atoms with Crippen LogP contribution >= 0.6 is 0 Å². The molecule has 116 valence electrons. The van der Waals surface area contributed by atoms with Gasteiger partial charge in [0.15, 0.2) is 0 Å². The van der Waals surface area contributed by atoms with E-state index in [0.717, 1.165) is 12.8 Å². The van der Waals surface area contributed by atoms with Crippen LogP contribution in [0.2, 0.25) is 0 Å². The van der Waals surface area contributed by atoms with Gasteiger partial charge in [0.2, 0.25) is 0 Å². The van der Waals surface area contributed by atoms with Crippen LogP contribution in [0.15, 0.2) is 0 Å². The van der Waals surface area contributed by atoms with Crippen LogP contribution in [0.1, 0.15) is 33.1 Å². The number of carbonyl (C=O) groups is 3. The van der Waals surface area contributed by atoms with Crippen molar-refractivity contribution in [2.45, 2.75) is 44.7 Å². The number of likely N-dealkylation sites (tertiary alicyclic amines) is 1. The molecule has 0 aromatic rings. The van der Waals surface area contributed by atoms with Gasteiger partial charge in [-0.1, -0.05) is 0 Å². The summed E-state index contributed by atoms with van der Waals surface area (Å²) in [5.41, 5.74) is -0.672. The van der Waals surface area contributed by atoms with Crippen LogP contribution in [0.3, 0.4) is 0 Å². The standard InChI is InChI=1S/C14H21N3O4/c1-3-21-13(20)15-8-5-10(9-15)17-11(18)14(2)6-4-7-16(14)12(17)19/h10H,3-9H2,1-2H3/t10-,14-/m0/s1. The SMILES string of the molecule is CCOC(=O)N1CC[C@H](N2C(=O)N3CCC[C@@]3(C)C2=O)C1. The number of imide groups is 1. The first-order valence-electron chi connectivity index (χ1n) is 7.56. The Morgan fingerprint density at radius 1 is 1.38 bits per heavy atom. The normalized spacial score (nSPS) is 32.1. The van der Waals surface area contributed by atoms with Crippen molar-refractivity contribution >= 4 is 18.0 Å². The molecule has 3 heterocycles. The van der Waals surface area contributed by atoms with Crippen molar-refractivity contribution in [1.82, 2.24) is 14.7 Å². The summed E-state index contributed by atoms with van der Waals surface area (Å²) in [6.45, 7) is 5.48. The van der Waals surface area contributed by atoms with E-state index in [0.29, 0.717) is 32.7 Å². The van der Waals surface area contributed by atoms with Crippen molar-refractivity contribution in [3.8, 4) is 0 Å². The molecule has 7 heteroatoms. The van der Waals surface area contributed by atoms with E-state index < -0.39 is 5.54 Å². The largest absolute Gasteiger partial charge is 0.450 e. The second-order valence-electron chi connectivity index (χ2n) is 6.07. The number of rotatable bonds is 2. The lowest BCUT2D eigenvalue weighted by Gasteiger charge is -2.23. The van der Waals surface area contributed by atoms with Gasteiger partial charge in [0, 0.05) is 19.6 Å². The van der Waals surface area contributed by atoms with Gasteiger partial charge in [-0.3, -0.25) is 9.69 Å². The lowest BCUT2D eigenvalue weighted by Crippen LogP contribution is -2.45. The summed E-state index contributed by atoms with van der Waals surface area (Å²) in [6.07, 6.45) is 1.86. The second-order valence-corrected chi connectivity index (χ2v) is 6.07. The third-order valence-electron chi connectivity index (χ3n) is 4.81. The van der Waals surface area contributed by atoms with Gasteiger partial charge in [-0.25, -0.2) is 9.59 Å². The van der Waals surface area contributed by atoms with Crippen LogP contribution in [-0.2, 0) is 9.53 Å². The van der Waals surface area contributed by atoms with Gasteiger partial charge in [-0.05, 0) is 33.1 Å². The zero-order valence-electron chi connectivity index (χ0n) is 12.5. The average Bonchev–Trinajstić information content (AvgIpc) is 3.10. The summed E-state index contributed by atoms with van der Waals surface area (Å²) in [7, 11) is 0. The van der Waals surface area contributed by atoms with Crippen LogP contribution < -0.4 is 0 Å². The summed E-state index contributed by atoms with van der Waals surface area (Å²) >= 11 is 0. The lowest BCUT2D eigenvalue weighted by atomic mass is 9.99. The van der Waals surface area contributed by atoms with E-state index in [4.69, 9.17) is 4.74 Å². The molecular formula is C14H21N3O4. The molecule has 21 heavy (non-hydrogen) atoms. The fraction of sp³-hybridized carbons (Fsp3) is 0.786. The van der Waals surface area contributed by atoms with Crippen molar-refractivity contribution in [2.24, 2.45) is 0 Å². The molecule has 0 aromatic carbocycles. The van der Waals surface area contributed by atoms with Gasteiger partial charge < -0.3 is 14.5 Å². The Morgan fingerprint density at radius 3 is 2.81 bits per heavy atom. The molecule has 3 aliphatic heterocycles. The van der Waals surface area contributed by atoms with Crippen LogP contribution in [-0.4, -0.2) is 70.6 Å². The van der Waals surface area contributed by atoms with E-state index in [1.165, 1.54) is 4.90 Å². The number of carbonyl (C=O) groups excluding carboxylic acids is 3. The van der Waals surface area contributed by atoms with Gasteiger partial charge in [0.25, 0.3) is 5.91 Å². The van der Waals surface area contributed by atoms with Crippen LogP contribution in [0.25, 0.3) is 0 Å². The molecule has 0 spiro atoms. The molecule has 2 atom stereocenters. The van der Waals surface area contributed by atoms with Crippen molar-refractivity contribution in [3.63, 3.8) is 0 Å². The first-order chi connectivity index (χ1) is 9.99. The minimum Gasteiger partial charge on any atom is -0.450 e. The third-order valence-corrected chi connectivity index (χ3v) is 4.81. The van der Waals surface area contributed by atoms with Gasteiger partial charge in [-0.2, -0.15) is 0 Å². The molecule has 3 fully saturated rings. The summed E-state index contributed by atoms with van der Waals surface area (Å²) in [5.74, 6) is -0.110. The maximum Gasteiger partial charge on any atom is 0.409 e. The highest BCUT2D eigenvalue weighted by atomic mass is 16.6. The number of amides is 4. The maximum atomic E-state index is 12.6. The Balaban J connectivity index is 1.73. The summed E-state index contributed by atoms with van der Waals surface area (Å²) in [6, 6.07) is -0.424. The molecule has 3 saturated heterocycles. The number of hydrogen-bond donors (Lipinski definition) is 0. The van der Waals surface area contributed by atoms with Gasteiger partial charge in [0.1, 0.15) is 5.54 Å². The number of ether oxygens (including phenoxy) is 1. The molecule has 7 nitrogen and oxygen atoms in total. The highest BCUT2D eigenvalue weighted by molar-refractivity contribution is 6.07. The monoisotopic (exact) mass is 295 g/mol. The quantitative estimate of drug-likeness (QED) is 0.714. The van der Waals surface area contributed by atoms with E-state index in [9.17, 15) is 14.4 Å². The Morgan fingerprint density at radius 2 is 2.14 bits per heavy atom. The summed E-state index contributed by atoms with van der Waals surface area (Å²) in [5, 5.41) is 0. The Bertz CT molecular complexity index is 495. The Labute approximate surface area is 123 Å². The van der Waals surface area contributed by atoms with Gasteiger partial charge in [0.05, 0.1) is 12.6 Å². The smallest absolute Gasteiger partial charge is 0.409 e. The summed E-state index contributed by atoms with van der Waals surface area (Å²) in [4.78, 5) is 41.5. The predicted molar refractivity (Wildman–Crippen MR) is 73.6 cm³/mol. The number of fused-ring (bicyclic) bond motifs is 1. The highest BCUT2D eigenvalue weighted by Crippen LogP contribution is 2.39. The maximum absolute atomic E-state index is 12.6. The number of nitrogens with zero attached hydrogens (tertiary/aromatic N) is 3. The van der Waals surface area contributed by atoms with Crippen molar-refractivity contribution in [2.75, 3.05) is 26.2 Å². The van der Waals surface area contributed by atoms with Crippen molar-refractivity contribution < 1.29 is 19.1 Å². The molecule has 0 N–H and O–H groups in total. The van der Waals surface area contributed by atoms with E-state index >= 15 is 0 Å². The topological polar surface area (TPSA) is 70.2 Å². The molecule has 0 saturated carbocycles. The van der Waals surface area contributed by atoms with Crippen molar-refractivity contribution in [3.05, 3.63) is 0 Å². The third kappa shape index (κ3) is 1.98. The van der Waals surface area contributed by atoms with Gasteiger partial charge >= 0.3 is 12.1 Å². The van der Waals surface area contributed by atoms with E-state index in [2.05, 4.69) is 0 Å². The summed E-state index contributed by atoms with van der Waals surface area (Å²) < 4.78 is 4.97. The average molecular weight is 295 g/mol. The molecule has 4 amide bonds. The minimum absolute atomic E-state index is 0.110. The molecule has 0 aliphatic carbocycles. The first kappa shape index (κ1) is 14.2. The van der Waals surface area contributed by atoms with Crippen LogP contribution in [0.5, 0.6) is 0 Å². The first-order valence-corrected chi connectivity index (χ1v) is 7.56. The van der Waals surface area contributed by atoms with Crippen LogP contribution in [0.4, 0.5) is 9.59 Å². The molecule has 0 radical (unpaired) electrons. The number of hydrogen-bond acceptors (Lipinski definition) is 4. The fourth-order valence-electron chi connectivity index (χ4n) is 3.62. The zero-order valence-corrected chi connectivity index (χ0v) is 12.5. The molecular weight excluding hydrogens is 274 g/mol. The molecule has 3 aliphatic rings. The van der Waals surface area contributed by atoms with E-state index in [-0.39, 0.29) is 24.1 Å². The van der Waals surface area contributed by atoms with Crippen LogP contribution in [0, 0.1) is 0 Å². The second kappa shape index (κ2) is 4.89. The molecule has 0 aromatic heterocycles. The van der Waals surface area contributed by atoms with E-state index in [1.807, 2.05) is 6.92 Å². The molecule has 0 bridgehead atoms. The molecule has 3 rings (SSSR count). The Hall–Kier alpha value is -1.79. The number of urea groups is 1. The fourth-order valence-corrected chi connectivity index (χ4v) is 3.62. The lowest BCUT2D eigenvalue weighted by molar-refractivity contribution is -0.133. The van der Waals surface area contributed by atoms with E-state index in [1.54, 1.807) is 16.7 Å². The van der Waals surface area contributed by atoms with Crippen molar-refractivity contribution in [1.29, 1.82) is 0 Å².